The zero-order valence-electron chi connectivity index (χ0n) is 18.8. The van der Waals surface area contributed by atoms with Crippen LogP contribution in [-0.4, -0.2) is 65.2 Å². The monoisotopic (exact) mass is 422 g/mol. The van der Waals surface area contributed by atoms with Gasteiger partial charge in [-0.3, -0.25) is 0 Å². The standard InChI is InChI=1S/C19H38N2O6S/c1-16(2)10-14(11-17(3,4)20(16)22)26-28(23,24)27-15-12-18(5,6)21(25-9)19(7,8)13-15/h14-15,22H,10-13H2,1-9H3. The van der Waals surface area contributed by atoms with Crippen molar-refractivity contribution in [1.82, 2.24) is 10.1 Å². The molecule has 0 unspecified atom stereocenters. The molecule has 0 spiro atoms. The topological polar surface area (TPSA) is 88.5 Å². The Morgan fingerprint density at radius 1 is 0.750 bits per heavy atom. The van der Waals surface area contributed by atoms with Crippen molar-refractivity contribution in [3.05, 3.63) is 0 Å². The lowest BCUT2D eigenvalue weighted by Gasteiger charge is -2.53. The number of hydroxylamine groups is 4. The number of hydrogen-bond acceptors (Lipinski definition) is 8. The fraction of sp³-hybridized carbons (Fsp3) is 1.00. The van der Waals surface area contributed by atoms with Crippen molar-refractivity contribution in [1.29, 1.82) is 0 Å². The van der Waals surface area contributed by atoms with Gasteiger partial charge in [0.1, 0.15) is 0 Å². The Bertz CT molecular complexity index is 638. The molecule has 1 N–H and O–H groups in total. The molecule has 2 aliphatic heterocycles. The molecule has 2 heterocycles. The molecule has 0 aromatic rings. The van der Waals surface area contributed by atoms with Crippen LogP contribution in [0.1, 0.15) is 81.1 Å². The first kappa shape index (κ1) is 24.0. The zero-order chi connectivity index (χ0) is 21.8. The molecule has 2 rings (SSSR count). The van der Waals surface area contributed by atoms with E-state index in [2.05, 4.69) is 0 Å². The van der Waals surface area contributed by atoms with Gasteiger partial charge in [0.25, 0.3) is 0 Å². The highest BCUT2D eigenvalue weighted by atomic mass is 32.3. The maximum Gasteiger partial charge on any atom is 0.400 e. The molecule has 28 heavy (non-hydrogen) atoms. The third kappa shape index (κ3) is 5.06. The summed E-state index contributed by atoms with van der Waals surface area (Å²) in [5.74, 6) is 0. The van der Waals surface area contributed by atoms with Crippen LogP contribution in [0, 0.1) is 0 Å². The molecule has 0 radical (unpaired) electrons. The minimum absolute atomic E-state index is 0.384. The molecule has 8 nitrogen and oxygen atoms in total. The fourth-order valence-electron chi connectivity index (χ4n) is 5.34. The van der Waals surface area contributed by atoms with Crippen molar-refractivity contribution in [2.75, 3.05) is 7.11 Å². The van der Waals surface area contributed by atoms with E-state index in [1.54, 1.807) is 7.11 Å². The lowest BCUT2D eigenvalue weighted by molar-refractivity contribution is -0.275. The molecule has 2 fully saturated rings. The summed E-state index contributed by atoms with van der Waals surface area (Å²) < 4.78 is 36.3. The Hall–Kier alpha value is -0.290. The van der Waals surface area contributed by atoms with Gasteiger partial charge in [0, 0.05) is 22.2 Å². The molecule has 2 aliphatic rings. The van der Waals surface area contributed by atoms with Gasteiger partial charge in [-0.1, -0.05) is 0 Å². The number of hydrogen-bond donors (Lipinski definition) is 1. The summed E-state index contributed by atoms with van der Waals surface area (Å²) in [7, 11) is -2.56. The summed E-state index contributed by atoms with van der Waals surface area (Å²) in [6.45, 7) is 15.5. The predicted molar refractivity (Wildman–Crippen MR) is 106 cm³/mol. The van der Waals surface area contributed by atoms with Crippen LogP contribution in [0.2, 0.25) is 0 Å². The van der Waals surface area contributed by atoms with Crippen LogP contribution in [0.25, 0.3) is 0 Å². The molecule has 0 aliphatic carbocycles. The van der Waals surface area contributed by atoms with Crippen molar-refractivity contribution >= 4 is 10.4 Å². The number of rotatable bonds is 5. The van der Waals surface area contributed by atoms with Crippen LogP contribution in [0.4, 0.5) is 0 Å². The van der Waals surface area contributed by atoms with E-state index in [0.29, 0.717) is 25.7 Å². The van der Waals surface area contributed by atoms with Gasteiger partial charge in [-0.15, -0.1) is 0 Å². The van der Waals surface area contributed by atoms with E-state index in [1.807, 2.05) is 60.5 Å². The first-order valence-electron chi connectivity index (χ1n) is 9.87. The van der Waals surface area contributed by atoms with Crippen molar-refractivity contribution in [3.8, 4) is 0 Å². The van der Waals surface area contributed by atoms with Gasteiger partial charge in [0.05, 0.1) is 19.3 Å². The molecule has 0 atom stereocenters. The summed E-state index contributed by atoms with van der Waals surface area (Å²) in [6.07, 6.45) is 0.708. The van der Waals surface area contributed by atoms with Gasteiger partial charge in [-0.25, -0.2) is 8.37 Å². The van der Waals surface area contributed by atoms with Gasteiger partial charge in [0.2, 0.25) is 0 Å². The van der Waals surface area contributed by atoms with E-state index in [4.69, 9.17) is 13.2 Å². The molecule has 0 bridgehead atoms. The molecular formula is C19H38N2O6S. The largest absolute Gasteiger partial charge is 0.400 e. The summed E-state index contributed by atoms with van der Waals surface area (Å²) in [6, 6.07) is 0. The SMILES string of the molecule is CON1C(C)(C)CC(OS(=O)(=O)OC2CC(C)(C)N(O)C(C)(C)C2)CC1(C)C. The maximum absolute atomic E-state index is 12.7. The highest BCUT2D eigenvalue weighted by molar-refractivity contribution is 7.81. The van der Waals surface area contributed by atoms with Crippen molar-refractivity contribution in [3.63, 3.8) is 0 Å². The Kier molecular flexibility index (Phi) is 6.37. The van der Waals surface area contributed by atoms with E-state index >= 15 is 0 Å². The summed E-state index contributed by atoms with van der Waals surface area (Å²) >= 11 is 0. The maximum atomic E-state index is 12.7. The van der Waals surface area contributed by atoms with Crippen LogP contribution in [-0.2, 0) is 23.6 Å². The summed E-state index contributed by atoms with van der Waals surface area (Å²) in [5, 5.41) is 13.6. The second-order valence-electron chi connectivity index (χ2n) is 10.7. The highest BCUT2D eigenvalue weighted by Gasteiger charge is 2.49. The minimum atomic E-state index is -4.18. The minimum Gasteiger partial charge on any atom is -0.313 e. The van der Waals surface area contributed by atoms with Gasteiger partial charge in [0.15, 0.2) is 0 Å². The molecule has 9 heteroatoms. The predicted octanol–water partition coefficient (Wildman–Crippen LogP) is 3.26. The Morgan fingerprint density at radius 2 is 1.07 bits per heavy atom. The highest BCUT2D eigenvalue weighted by Crippen LogP contribution is 2.41. The third-order valence-corrected chi connectivity index (χ3v) is 6.86. The van der Waals surface area contributed by atoms with Crippen molar-refractivity contribution in [2.24, 2.45) is 0 Å². The van der Waals surface area contributed by atoms with Crippen molar-refractivity contribution < 1.29 is 26.8 Å². The molecule has 0 aromatic carbocycles. The first-order chi connectivity index (χ1) is 12.4. The molecule has 0 saturated carbocycles. The molecular weight excluding hydrogens is 384 g/mol. The normalized spacial score (nSPS) is 29.1. The Labute approximate surface area is 170 Å². The average molecular weight is 423 g/mol. The molecule has 166 valence electrons. The molecule has 0 amide bonds. The Morgan fingerprint density at radius 3 is 1.39 bits per heavy atom. The molecule has 0 aromatic heterocycles. The van der Waals surface area contributed by atoms with E-state index in [9.17, 15) is 13.6 Å². The van der Waals surface area contributed by atoms with Gasteiger partial charge >= 0.3 is 10.4 Å². The summed E-state index contributed by atoms with van der Waals surface area (Å²) in [4.78, 5) is 5.55. The van der Waals surface area contributed by atoms with E-state index < -0.39 is 33.7 Å². The first-order valence-corrected chi connectivity index (χ1v) is 11.2. The zero-order valence-corrected chi connectivity index (χ0v) is 19.6. The lowest BCUT2D eigenvalue weighted by Crippen LogP contribution is -2.62. The van der Waals surface area contributed by atoms with Crippen LogP contribution in [0.3, 0.4) is 0 Å². The van der Waals surface area contributed by atoms with Crippen LogP contribution in [0.15, 0.2) is 0 Å². The van der Waals surface area contributed by atoms with E-state index in [0.717, 1.165) is 0 Å². The quantitative estimate of drug-likeness (QED) is 0.722. The molecule has 2 saturated heterocycles. The average Bonchev–Trinajstić information content (AvgIpc) is 2.40. The van der Waals surface area contributed by atoms with Crippen LogP contribution >= 0.6 is 0 Å². The van der Waals surface area contributed by atoms with Gasteiger partial charge in [-0.05, 0) is 81.1 Å². The van der Waals surface area contributed by atoms with E-state index in [-0.39, 0.29) is 11.1 Å². The lowest BCUT2D eigenvalue weighted by atomic mass is 9.80. The third-order valence-electron chi connectivity index (χ3n) is 5.85. The smallest absolute Gasteiger partial charge is 0.313 e. The number of nitrogens with zero attached hydrogens (tertiary/aromatic N) is 2. The van der Waals surface area contributed by atoms with Crippen LogP contribution in [0.5, 0.6) is 0 Å². The summed E-state index contributed by atoms with van der Waals surface area (Å²) in [5.41, 5.74) is -1.97. The fourth-order valence-corrected chi connectivity index (χ4v) is 6.32. The second kappa shape index (κ2) is 7.44. The van der Waals surface area contributed by atoms with Gasteiger partial charge in [-0.2, -0.15) is 18.5 Å². The Balaban J connectivity index is 2.10. The van der Waals surface area contributed by atoms with Gasteiger partial charge < -0.3 is 10.0 Å². The van der Waals surface area contributed by atoms with E-state index in [1.165, 1.54) is 5.06 Å². The number of piperidine rings is 2. The van der Waals surface area contributed by atoms with Crippen LogP contribution < -0.4 is 0 Å². The second-order valence-corrected chi connectivity index (χ2v) is 11.9. The van der Waals surface area contributed by atoms with Crippen molar-refractivity contribution in [2.45, 2.75) is 115 Å².